The highest BCUT2D eigenvalue weighted by molar-refractivity contribution is 6.02. The molecule has 4 rings (SSSR count). The highest BCUT2D eigenvalue weighted by Gasteiger charge is 2.26. The van der Waals surface area contributed by atoms with Crippen LogP contribution in [0.4, 0.5) is 16.2 Å². The van der Waals surface area contributed by atoms with Crippen molar-refractivity contribution in [2.75, 3.05) is 10.6 Å². The lowest BCUT2D eigenvalue weighted by atomic mass is 9.82. The molecule has 1 fully saturated rings. The van der Waals surface area contributed by atoms with Crippen molar-refractivity contribution in [3.63, 3.8) is 0 Å². The summed E-state index contributed by atoms with van der Waals surface area (Å²) in [6, 6.07) is 9.69. The fourth-order valence-electron chi connectivity index (χ4n) is 5.28. The number of rotatable bonds is 5. The summed E-state index contributed by atoms with van der Waals surface area (Å²) in [6.07, 6.45) is 7.22. The number of carbonyl (C=O) groups excluding carboxylic acids is 1. The molecule has 6 heteroatoms. The Morgan fingerprint density at radius 2 is 1.56 bits per heavy atom. The van der Waals surface area contributed by atoms with Gasteiger partial charge < -0.3 is 10.6 Å². The molecule has 6 nitrogen and oxygen atoms in total. The number of benzene rings is 1. The average molecular weight is 461 g/mol. The molecule has 3 aromatic rings. The van der Waals surface area contributed by atoms with E-state index in [0.717, 1.165) is 53.4 Å². The van der Waals surface area contributed by atoms with Crippen molar-refractivity contribution in [1.82, 2.24) is 9.55 Å². The number of para-hydroxylation sites is 1. The Hall–Kier alpha value is -3.15. The molecule has 0 atom stereocenters. The molecule has 1 aliphatic rings. The van der Waals surface area contributed by atoms with Crippen LogP contribution in [-0.4, -0.2) is 15.6 Å². The number of aryl methyl sites for hydroxylation is 1. The lowest BCUT2D eigenvalue weighted by molar-refractivity contribution is 0.262. The maximum atomic E-state index is 13.5. The van der Waals surface area contributed by atoms with Gasteiger partial charge in [0.1, 0.15) is 11.3 Å². The second-order valence-corrected chi connectivity index (χ2v) is 10.1. The molecule has 180 valence electrons. The molecule has 0 spiro atoms. The Morgan fingerprint density at radius 3 is 2.18 bits per heavy atom. The van der Waals surface area contributed by atoms with Crippen molar-refractivity contribution in [3.05, 3.63) is 63.6 Å². The number of carbonyl (C=O) groups is 1. The van der Waals surface area contributed by atoms with Gasteiger partial charge in [-0.3, -0.25) is 9.36 Å². The first-order valence-corrected chi connectivity index (χ1v) is 12.5. The van der Waals surface area contributed by atoms with Gasteiger partial charge in [0, 0.05) is 24.3 Å². The van der Waals surface area contributed by atoms with Gasteiger partial charge in [-0.15, -0.1) is 0 Å². The summed E-state index contributed by atoms with van der Waals surface area (Å²) >= 11 is 0. The lowest BCUT2D eigenvalue weighted by Crippen LogP contribution is -2.30. The minimum atomic E-state index is -0.382. The second kappa shape index (κ2) is 10.00. The molecule has 34 heavy (non-hydrogen) atoms. The predicted molar refractivity (Wildman–Crippen MR) is 140 cm³/mol. The summed E-state index contributed by atoms with van der Waals surface area (Å²) in [4.78, 5) is 31.3. The fourth-order valence-corrected chi connectivity index (χ4v) is 5.28. The number of anilines is 2. The van der Waals surface area contributed by atoms with E-state index in [2.05, 4.69) is 55.4 Å². The monoisotopic (exact) mass is 460 g/mol. The fraction of sp³-hybridized carbons (Fsp3) is 0.464. The summed E-state index contributed by atoms with van der Waals surface area (Å²) in [6.45, 7) is 8.48. The predicted octanol–water partition coefficient (Wildman–Crippen LogP) is 6.87. The Kier molecular flexibility index (Phi) is 7.05. The van der Waals surface area contributed by atoms with Gasteiger partial charge in [-0.25, -0.2) is 9.78 Å². The van der Waals surface area contributed by atoms with Crippen LogP contribution >= 0.6 is 0 Å². The van der Waals surface area contributed by atoms with Crippen molar-refractivity contribution in [1.29, 1.82) is 0 Å². The summed E-state index contributed by atoms with van der Waals surface area (Å²) in [5.74, 6) is 0.747. The first-order chi connectivity index (χ1) is 16.3. The number of amides is 2. The number of urea groups is 1. The molecule has 1 aliphatic carbocycles. The number of hydrogen-bond donors (Lipinski definition) is 2. The Labute approximate surface area is 201 Å². The minimum Gasteiger partial charge on any atom is -0.307 e. The van der Waals surface area contributed by atoms with Crippen molar-refractivity contribution in [2.45, 2.75) is 77.6 Å². The molecule has 0 saturated heterocycles. The molecular weight excluding hydrogens is 424 g/mol. The van der Waals surface area contributed by atoms with E-state index < -0.39 is 0 Å². The number of fused-ring (bicyclic) bond motifs is 1. The third kappa shape index (κ3) is 4.59. The SMILES string of the molecule is CC(C)c1cccc(C(C)C)c1NC(=O)Nc1c(C2CCCCC2)c2cccnc2n(C)c1=O. The second-order valence-electron chi connectivity index (χ2n) is 10.1. The minimum absolute atomic E-state index is 0.219. The van der Waals surface area contributed by atoms with Crippen LogP contribution in [0.2, 0.25) is 0 Å². The number of nitrogens with one attached hydrogen (secondary N) is 2. The summed E-state index contributed by atoms with van der Waals surface area (Å²) in [5, 5.41) is 7.02. The van der Waals surface area contributed by atoms with E-state index in [-0.39, 0.29) is 29.3 Å². The zero-order valence-corrected chi connectivity index (χ0v) is 20.9. The molecule has 0 aliphatic heterocycles. The van der Waals surface area contributed by atoms with E-state index in [1.165, 1.54) is 6.42 Å². The average Bonchev–Trinajstić information content (AvgIpc) is 2.83. The van der Waals surface area contributed by atoms with Crippen LogP contribution in [0.3, 0.4) is 0 Å². The standard InChI is InChI=1S/C28H36N4O2/c1-17(2)20-13-9-14-21(18(3)4)24(20)30-28(34)31-25-23(19-11-7-6-8-12-19)22-15-10-16-29-26(22)32(5)27(25)33/h9-10,13-19H,6-8,11-12H2,1-5H3,(H2,30,31,34). The van der Waals surface area contributed by atoms with Gasteiger partial charge in [0.05, 0.1) is 0 Å². The molecule has 2 aromatic heterocycles. The van der Waals surface area contributed by atoms with Gasteiger partial charge in [-0.2, -0.15) is 0 Å². The van der Waals surface area contributed by atoms with Crippen molar-refractivity contribution >= 4 is 28.4 Å². The molecular formula is C28H36N4O2. The number of aromatic nitrogens is 2. The van der Waals surface area contributed by atoms with Crippen LogP contribution in [0, 0.1) is 0 Å². The molecule has 2 amide bonds. The van der Waals surface area contributed by atoms with Crippen LogP contribution in [0.5, 0.6) is 0 Å². The highest BCUT2D eigenvalue weighted by atomic mass is 16.2. The van der Waals surface area contributed by atoms with Crippen molar-refractivity contribution < 1.29 is 4.79 Å². The van der Waals surface area contributed by atoms with Crippen LogP contribution in [-0.2, 0) is 7.05 Å². The van der Waals surface area contributed by atoms with Gasteiger partial charge in [0.15, 0.2) is 0 Å². The van der Waals surface area contributed by atoms with Crippen molar-refractivity contribution in [3.8, 4) is 0 Å². The van der Waals surface area contributed by atoms with E-state index >= 15 is 0 Å². The number of nitrogens with zero attached hydrogens (tertiary/aromatic N) is 2. The number of pyridine rings is 2. The normalized spacial score (nSPS) is 14.7. The van der Waals surface area contributed by atoms with Gasteiger partial charge in [0.2, 0.25) is 0 Å². The lowest BCUT2D eigenvalue weighted by Gasteiger charge is -2.26. The quantitative estimate of drug-likeness (QED) is 0.436. The first kappa shape index (κ1) is 24.0. The third-order valence-corrected chi connectivity index (χ3v) is 7.05. The van der Waals surface area contributed by atoms with Crippen molar-refractivity contribution in [2.24, 2.45) is 7.05 Å². The molecule has 0 bridgehead atoms. The third-order valence-electron chi connectivity index (χ3n) is 7.05. The van der Waals surface area contributed by atoms with E-state index in [9.17, 15) is 9.59 Å². The maximum absolute atomic E-state index is 13.5. The van der Waals surface area contributed by atoms with Crippen LogP contribution < -0.4 is 16.2 Å². The number of hydrogen-bond acceptors (Lipinski definition) is 3. The van der Waals surface area contributed by atoms with Crippen LogP contribution in [0.15, 0.2) is 41.3 Å². The molecule has 0 radical (unpaired) electrons. The molecule has 2 N–H and O–H groups in total. The summed E-state index contributed by atoms with van der Waals surface area (Å²) < 4.78 is 1.54. The summed E-state index contributed by atoms with van der Waals surface area (Å²) in [5.41, 5.74) is 4.76. The van der Waals surface area contributed by atoms with Gasteiger partial charge in [0.25, 0.3) is 5.56 Å². The van der Waals surface area contributed by atoms with E-state index in [1.807, 2.05) is 18.2 Å². The molecule has 1 saturated carbocycles. The zero-order chi connectivity index (χ0) is 24.4. The maximum Gasteiger partial charge on any atom is 0.323 e. The Bertz CT molecular complexity index is 1230. The highest BCUT2D eigenvalue weighted by Crippen LogP contribution is 2.39. The smallest absolute Gasteiger partial charge is 0.307 e. The first-order valence-electron chi connectivity index (χ1n) is 12.5. The summed E-state index contributed by atoms with van der Waals surface area (Å²) in [7, 11) is 1.72. The van der Waals surface area contributed by atoms with Gasteiger partial charge in [-0.05, 0) is 59.4 Å². The topological polar surface area (TPSA) is 76.0 Å². The van der Waals surface area contributed by atoms with E-state index in [0.29, 0.717) is 11.3 Å². The van der Waals surface area contributed by atoms with Gasteiger partial charge in [-0.1, -0.05) is 65.2 Å². The van der Waals surface area contributed by atoms with Crippen LogP contribution in [0.1, 0.15) is 94.2 Å². The van der Waals surface area contributed by atoms with E-state index in [1.54, 1.807) is 17.8 Å². The van der Waals surface area contributed by atoms with Crippen LogP contribution in [0.25, 0.3) is 11.0 Å². The van der Waals surface area contributed by atoms with E-state index in [4.69, 9.17) is 0 Å². The Balaban J connectivity index is 1.78. The molecule has 0 unspecified atom stereocenters. The molecule has 1 aromatic carbocycles. The Morgan fingerprint density at radius 1 is 0.941 bits per heavy atom. The molecule has 2 heterocycles. The van der Waals surface area contributed by atoms with Gasteiger partial charge >= 0.3 is 6.03 Å². The zero-order valence-electron chi connectivity index (χ0n) is 20.9. The largest absolute Gasteiger partial charge is 0.323 e.